The van der Waals surface area contributed by atoms with Crippen molar-refractivity contribution in [1.82, 2.24) is 9.80 Å². The first-order valence-electron chi connectivity index (χ1n) is 9.89. The van der Waals surface area contributed by atoms with Crippen LogP contribution in [0.25, 0.3) is 0 Å². The normalized spacial score (nSPS) is 16.0. The predicted octanol–water partition coefficient (Wildman–Crippen LogP) is 3.16. The molecule has 1 aliphatic rings. The Morgan fingerprint density at radius 1 is 1.00 bits per heavy atom. The number of carbonyl (C=O) groups is 1. The minimum Gasteiger partial charge on any atom is -0.497 e. The second-order valence-electron chi connectivity index (χ2n) is 7.49. The van der Waals surface area contributed by atoms with Crippen LogP contribution in [0, 0.1) is 0 Å². The lowest BCUT2D eigenvalue weighted by Crippen LogP contribution is -2.43. The zero-order valence-electron chi connectivity index (χ0n) is 17.7. The first-order chi connectivity index (χ1) is 14.0. The Kier molecular flexibility index (Phi) is 6.99. The van der Waals surface area contributed by atoms with Crippen LogP contribution in [0.15, 0.2) is 42.5 Å². The zero-order valence-corrected chi connectivity index (χ0v) is 17.7. The summed E-state index contributed by atoms with van der Waals surface area (Å²) in [6.45, 7) is 2.05. The van der Waals surface area contributed by atoms with E-state index < -0.39 is 0 Å². The van der Waals surface area contributed by atoms with Crippen molar-refractivity contribution in [3.05, 3.63) is 53.6 Å². The molecule has 1 amide bonds. The van der Waals surface area contributed by atoms with Gasteiger partial charge in [0.25, 0.3) is 0 Å². The SMILES string of the molecule is COc1ccc(OCC2c3ccc(OC)cc3CC(=O)N2CCCN(C)C)cc1. The molecule has 0 saturated heterocycles. The predicted molar refractivity (Wildman–Crippen MR) is 113 cm³/mol. The van der Waals surface area contributed by atoms with Crippen LogP contribution < -0.4 is 14.2 Å². The fourth-order valence-electron chi connectivity index (χ4n) is 3.66. The molecule has 1 heterocycles. The van der Waals surface area contributed by atoms with Crippen molar-refractivity contribution in [2.45, 2.75) is 18.9 Å². The summed E-state index contributed by atoms with van der Waals surface area (Å²) in [5.41, 5.74) is 2.14. The maximum Gasteiger partial charge on any atom is 0.227 e. The van der Waals surface area contributed by atoms with Crippen LogP contribution in [0.5, 0.6) is 17.2 Å². The Bertz CT molecular complexity index is 820. The van der Waals surface area contributed by atoms with Crippen LogP contribution in [0.2, 0.25) is 0 Å². The third kappa shape index (κ3) is 5.21. The molecule has 0 N–H and O–H groups in total. The molecule has 6 nitrogen and oxygen atoms in total. The minimum atomic E-state index is -0.124. The quantitative estimate of drug-likeness (QED) is 0.649. The van der Waals surface area contributed by atoms with Gasteiger partial charge in [0.15, 0.2) is 0 Å². The largest absolute Gasteiger partial charge is 0.497 e. The highest BCUT2D eigenvalue weighted by atomic mass is 16.5. The molecule has 29 heavy (non-hydrogen) atoms. The van der Waals surface area contributed by atoms with Gasteiger partial charge in [-0.3, -0.25) is 4.79 Å². The number of benzene rings is 2. The summed E-state index contributed by atoms with van der Waals surface area (Å²) < 4.78 is 16.6. The van der Waals surface area contributed by atoms with E-state index in [-0.39, 0.29) is 11.9 Å². The summed E-state index contributed by atoms with van der Waals surface area (Å²) in [6, 6.07) is 13.4. The van der Waals surface area contributed by atoms with E-state index in [9.17, 15) is 4.79 Å². The van der Waals surface area contributed by atoms with Gasteiger partial charge in [-0.1, -0.05) is 6.07 Å². The fourth-order valence-corrected chi connectivity index (χ4v) is 3.66. The molecule has 1 aliphatic heterocycles. The average Bonchev–Trinajstić information content (AvgIpc) is 2.72. The summed E-state index contributed by atoms with van der Waals surface area (Å²) in [6.07, 6.45) is 1.32. The summed E-state index contributed by atoms with van der Waals surface area (Å²) in [5.74, 6) is 2.44. The van der Waals surface area contributed by atoms with E-state index in [0.29, 0.717) is 19.6 Å². The molecule has 0 aliphatic carbocycles. The summed E-state index contributed by atoms with van der Waals surface area (Å²) in [7, 11) is 7.37. The van der Waals surface area contributed by atoms with Crippen LogP contribution in [0.4, 0.5) is 0 Å². The van der Waals surface area contributed by atoms with Crippen molar-refractivity contribution in [2.24, 2.45) is 0 Å². The van der Waals surface area contributed by atoms with Crippen LogP contribution in [0.1, 0.15) is 23.6 Å². The molecule has 0 aromatic heterocycles. The van der Waals surface area contributed by atoms with Gasteiger partial charge < -0.3 is 24.0 Å². The van der Waals surface area contributed by atoms with Gasteiger partial charge in [0.2, 0.25) is 5.91 Å². The van der Waals surface area contributed by atoms with Gasteiger partial charge in [0.1, 0.15) is 23.9 Å². The molecular weight excluding hydrogens is 368 g/mol. The van der Waals surface area contributed by atoms with E-state index >= 15 is 0 Å². The Balaban J connectivity index is 1.81. The number of nitrogens with zero attached hydrogens (tertiary/aromatic N) is 2. The fraction of sp³-hybridized carbons (Fsp3) is 0.435. The van der Waals surface area contributed by atoms with E-state index in [1.165, 1.54) is 0 Å². The lowest BCUT2D eigenvalue weighted by Gasteiger charge is -2.37. The Morgan fingerprint density at radius 2 is 1.66 bits per heavy atom. The lowest BCUT2D eigenvalue weighted by molar-refractivity contribution is -0.135. The number of methoxy groups -OCH3 is 2. The van der Waals surface area contributed by atoms with Crippen molar-refractivity contribution in [2.75, 3.05) is 48.0 Å². The van der Waals surface area contributed by atoms with Crippen LogP contribution >= 0.6 is 0 Å². The number of carbonyl (C=O) groups excluding carboxylic acids is 1. The standard InChI is InChI=1S/C23H30N2O4/c1-24(2)12-5-13-25-22(16-29-19-8-6-18(27-3)7-9-19)21-11-10-20(28-4)14-17(21)15-23(25)26/h6-11,14,22H,5,12-13,15-16H2,1-4H3. The summed E-state index contributed by atoms with van der Waals surface area (Å²) in [5, 5.41) is 0. The van der Waals surface area contributed by atoms with E-state index in [2.05, 4.69) is 11.0 Å². The van der Waals surface area contributed by atoms with Crippen LogP contribution in [-0.4, -0.2) is 63.7 Å². The Labute approximate surface area is 173 Å². The number of ether oxygens (including phenoxy) is 3. The van der Waals surface area contributed by atoms with Crippen LogP contribution in [-0.2, 0) is 11.2 Å². The van der Waals surface area contributed by atoms with E-state index in [4.69, 9.17) is 14.2 Å². The molecule has 1 unspecified atom stereocenters. The monoisotopic (exact) mass is 398 g/mol. The van der Waals surface area contributed by atoms with E-state index in [1.54, 1.807) is 14.2 Å². The molecule has 0 bridgehead atoms. The molecule has 2 aromatic rings. The van der Waals surface area contributed by atoms with Crippen molar-refractivity contribution in [3.8, 4) is 17.2 Å². The topological polar surface area (TPSA) is 51.2 Å². The van der Waals surface area contributed by atoms with Crippen LogP contribution in [0.3, 0.4) is 0 Å². The first-order valence-corrected chi connectivity index (χ1v) is 9.89. The van der Waals surface area contributed by atoms with Crippen molar-refractivity contribution in [3.63, 3.8) is 0 Å². The lowest BCUT2D eigenvalue weighted by atomic mass is 9.92. The molecule has 0 radical (unpaired) electrons. The first kappa shape index (κ1) is 21.0. The summed E-state index contributed by atoms with van der Waals surface area (Å²) in [4.78, 5) is 17.0. The third-order valence-corrected chi connectivity index (χ3v) is 5.22. The average molecular weight is 399 g/mol. The second-order valence-corrected chi connectivity index (χ2v) is 7.49. The number of rotatable bonds is 9. The van der Waals surface area contributed by atoms with Gasteiger partial charge in [0, 0.05) is 6.54 Å². The van der Waals surface area contributed by atoms with Gasteiger partial charge in [-0.15, -0.1) is 0 Å². The van der Waals surface area contributed by atoms with Gasteiger partial charge in [-0.2, -0.15) is 0 Å². The maximum absolute atomic E-state index is 12.9. The van der Waals surface area contributed by atoms with Crippen molar-refractivity contribution in [1.29, 1.82) is 0 Å². The zero-order chi connectivity index (χ0) is 20.8. The number of hydrogen-bond acceptors (Lipinski definition) is 5. The number of hydrogen-bond donors (Lipinski definition) is 0. The number of fused-ring (bicyclic) bond motifs is 1. The molecule has 0 spiro atoms. The van der Waals surface area contributed by atoms with Gasteiger partial charge >= 0.3 is 0 Å². The minimum absolute atomic E-state index is 0.124. The molecule has 1 atom stereocenters. The second kappa shape index (κ2) is 9.65. The molecule has 3 rings (SSSR count). The van der Waals surface area contributed by atoms with Crippen molar-refractivity contribution < 1.29 is 19.0 Å². The number of amides is 1. The smallest absolute Gasteiger partial charge is 0.227 e. The molecule has 0 fully saturated rings. The third-order valence-electron chi connectivity index (χ3n) is 5.22. The van der Waals surface area contributed by atoms with Gasteiger partial charge in [0.05, 0.1) is 26.7 Å². The highest BCUT2D eigenvalue weighted by Crippen LogP contribution is 2.33. The molecular formula is C23H30N2O4. The Morgan fingerprint density at radius 3 is 2.31 bits per heavy atom. The summed E-state index contributed by atoms with van der Waals surface area (Å²) >= 11 is 0. The highest BCUT2D eigenvalue weighted by Gasteiger charge is 2.33. The van der Waals surface area contributed by atoms with Gasteiger partial charge in [-0.05, 0) is 74.6 Å². The van der Waals surface area contributed by atoms with Crippen molar-refractivity contribution >= 4 is 5.91 Å². The maximum atomic E-state index is 12.9. The molecule has 0 saturated carbocycles. The Hall–Kier alpha value is -2.73. The molecule has 156 valence electrons. The van der Waals surface area contributed by atoms with E-state index in [0.717, 1.165) is 41.3 Å². The molecule has 6 heteroatoms. The molecule has 2 aromatic carbocycles. The van der Waals surface area contributed by atoms with E-state index in [1.807, 2.05) is 55.4 Å². The highest BCUT2D eigenvalue weighted by molar-refractivity contribution is 5.82. The van der Waals surface area contributed by atoms with Gasteiger partial charge in [-0.25, -0.2) is 0 Å².